The molecule has 13 N–H and O–H groups in total. The van der Waals surface area contributed by atoms with Gasteiger partial charge in [-0.1, -0.05) is 4.98 Å². The summed E-state index contributed by atoms with van der Waals surface area (Å²) >= 11 is 0. The van der Waals surface area contributed by atoms with Gasteiger partial charge in [0.1, 0.15) is 36.6 Å². The van der Waals surface area contributed by atoms with E-state index >= 15 is 0 Å². The predicted molar refractivity (Wildman–Crippen MR) is 173 cm³/mol. The maximum atomic E-state index is 12.5. The van der Waals surface area contributed by atoms with Crippen molar-refractivity contribution in [2.45, 2.75) is 49.1 Å². The summed E-state index contributed by atoms with van der Waals surface area (Å²) in [4.78, 5) is 82.5. The molecule has 56 heavy (non-hydrogen) atoms. The normalized spacial score (nSPS) is 29.9. The third-order valence-corrected chi connectivity index (χ3v) is 13.7. The molecule has 12 atom stereocenters. The van der Waals surface area contributed by atoms with Gasteiger partial charge >= 0.3 is 29.1 Å². The first kappa shape index (κ1) is 42.2. The summed E-state index contributed by atoms with van der Waals surface area (Å²) in [5, 5.41) is 42.0. The number of aliphatic hydroxyl groups is 4. The zero-order chi connectivity index (χ0) is 41.3. The van der Waals surface area contributed by atoms with Crippen molar-refractivity contribution in [1.82, 2.24) is 34.1 Å². The highest BCUT2D eigenvalue weighted by Crippen LogP contribution is 2.70. The number of H-pyrrole nitrogens is 2. The summed E-state index contributed by atoms with van der Waals surface area (Å²) in [7, 11) is -23.1. The lowest BCUT2D eigenvalue weighted by atomic mass is 10.1. The minimum Gasteiger partial charge on any atom is -0.756 e. The van der Waals surface area contributed by atoms with E-state index in [1.807, 2.05) is 0 Å². The number of aromatic amines is 2. The number of hydrogen-bond acceptors (Lipinski definition) is 23. The van der Waals surface area contributed by atoms with Gasteiger partial charge < -0.3 is 60.9 Å². The number of fused-ring (bicyclic) bond motifs is 2. The molecule has 6 rings (SSSR count). The number of nitrogens with zero attached hydrogens (tertiary/aromatic N) is 6. The van der Waals surface area contributed by atoms with Crippen LogP contribution in [0.15, 0.2) is 22.2 Å². The summed E-state index contributed by atoms with van der Waals surface area (Å²) in [6, 6.07) is 0. The molecular weight excluding hydrogens is 852 g/mol. The number of imidazole rings is 2. The number of aryl methyl sites for hydroxylation is 1. The number of anilines is 2. The van der Waals surface area contributed by atoms with Crippen molar-refractivity contribution in [2.24, 2.45) is 7.05 Å². The second kappa shape index (κ2) is 15.1. The van der Waals surface area contributed by atoms with Gasteiger partial charge in [-0.05, 0) is 0 Å². The number of nitrogens with one attached hydrogen (secondary N) is 2. The quantitative estimate of drug-likeness (QED) is 0.0417. The fourth-order valence-corrected chi connectivity index (χ4v) is 10.5. The van der Waals surface area contributed by atoms with Crippen molar-refractivity contribution < 1.29 is 94.3 Å². The van der Waals surface area contributed by atoms with Crippen LogP contribution < -0.4 is 32.0 Å². The van der Waals surface area contributed by atoms with E-state index in [1.165, 1.54) is 17.9 Å². The van der Waals surface area contributed by atoms with Gasteiger partial charge in [0.05, 0.1) is 26.6 Å². The summed E-state index contributed by atoms with van der Waals surface area (Å²) in [5.41, 5.74) is 9.11. The highest BCUT2D eigenvalue weighted by Gasteiger charge is 2.50. The molecule has 2 aliphatic rings. The van der Waals surface area contributed by atoms with E-state index in [9.17, 15) is 67.8 Å². The second-order valence-corrected chi connectivity index (χ2v) is 18.0. The molecule has 0 spiro atoms. The number of ether oxygens (including phenoxy) is 2. The van der Waals surface area contributed by atoms with E-state index in [4.69, 9.17) is 20.9 Å². The van der Waals surface area contributed by atoms with E-state index in [-0.39, 0.29) is 34.2 Å². The lowest BCUT2D eigenvalue weighted by molar-refractivity contribution is -0.745. The van der Waals surface area contributed by atoms with Crippen LogP contribution in [-0.2, 0) is 56.8 Å². The van der Waals surface area contributed by atoms with Gasteiger partial charge in [0.2, 0.25) is 17.7 Å². The SMILES string of the molecule is Cn1c[n+]([C@@H]2O[C@H](COP(=O)(O)OP(=O)(O)OP(=O)([O-])OP(=O)(O)OC[C@H]3O[C@@H](n4cnc5c(=O)[nH]c(N)nc54)[C@H](O)[C@@H]3O)[C@@H](O)[C@H]2O)c2nc(N)[nH]c(=O)c21. The Hall–Kier alpha value is -3.38. The molecule has 310 valence electrons. The van der Waals surface area contributed by atoms with Crippen LogP contribution >= 0.6 is 31.3 Å². The Bertz CT molecular complexity index is 2470. The maximum Gasteiger partial charge on any atom is 0.487 e. The van der Waals surface area contributed by atoms with E-state index in [0.29, 0.717) is 0 Å². The summed E-state index contributed by atoms with van der Waals surface area (Å²) in [5.74, 6) is -0.658. The molecule has 4 aromatic heterocycles. The highest BCUT2D eigenvalue weighted by atomic mass is 31.3. The van der Waals surface area contributed by atoms with E-state index in [1.54, 1.807) is 0 Å². The molecule has 6 heterocycles. The smallest absolute Gasteiger partial charge is 0.487 e. The van der Waals surface area contributed by atoms with E-state index < -0.39 is 105 Å². The Morgan fingerprint density at radius 3 is 2.05 bits per heavy atom. The Morgan fingerprint density at radius 2 is 1.39 bits per heavy atom. The Balaban J connectivity index is 1.03. The summed E-state index contributed by atoms with van der Waals surface area (Å²) < 4.78 is 84.0. The van der Waals surface area contributed by atoms with Gasteiger partial charge in [0.15, 0.2) is 23.7 Å². The number of phosphoric ester groups is 2. The zero-order valence-electron chi connectivity index (χ0n) is 27.7. The number of nitrogens with two attached hydrogens (primary N) is 2. The Morgan fingerprint density at radius 1 is 0.839 bits per heavy atom. The number of hydrogen-bond donors (Lipinski definition) is 11. The third kappa shape index (κ3) is 8.71. The maximum absolute atomic E-state index is 12.5. The molecule has 0 amide bonds. The molecule has 0 aromatic carbocycles. The van der Waals surface area contributed by atoms with Gasteiger partial charge in [-0.3, -0.25) is 42.3 Å². The number of rotatable bonds is 14. The fourth-order valence-electron chi connectivity index (χ4n) is 5.57. The minimum absolute atomic E-state index is 0.0277. The Labute approximate surface area is 308 Å². The summed E-state index contributed by atoms with van der Waals surface area (Å²) in [6.07, 6.45) is -11.7. The zero-order valence-corrected chi connectivity index (χ0v) is 31.2. The molecule has 0 radical (unpaired) electrons. The second-order valence-electron chi connectivity index (χ2n) is 11.8. The van der Waals surface area contributed by atoms with Crippen molar-refractivity contribution in [3.8, 4) is 0 Å². The number of aliphatic hydroxyl groups excluding tert-OH is 4. The first-order valence-corrected chi connectivity index (χ1v) is 21.1. The predicted octanol–water partition coefficient (Wildman–Crippen LogP) is -5.06. The van der Waals surface area contributed by atoms with E-state index in [2.05, 4.69) is 46.9 Å². The van der Waals surface area contributed by atoms with Gasteiger partial charge in [0, 0.05) is 0 Å². The van der Waals surface area contributed by atoms with Crippen LogP contribution in [0.1, 0.15) is 12.5 Å². The van der Waals surface area contributed by atoms with Crippen molar-refractivity contribution in [3.63, 3.8) is 0 Å². The van der Waals surface area contributed by atoms with Crippen LogP contribution in [-0.4, -0.2) is 119 Å². The van der Waals surface area contributed by atoms with Crippen molar-refractivity contribution in [3.05, 3.63) is 33.4 Å². The van der Waals surface area contributed by atoms with Crippen LogP contribution in [0.2, 0.25) is 0 Å². The van der Waals surface area contributed by atoms with Crippen LogP contribution in [0.25, 0.3) is 22.3 Å². The molecule has 0 bridgehead atoms. The largest absolute Gasteiger partial charge is 0.756 e. The monoisotopic (exact) mass is 882 g/mol. The number of nitrogen functional groups attached to an aromatic ring is 2. The van der Waals surface area contributed by atoms with Gasteiger partial charge in [-0.2, -0.15) is 9.29 Å². The highest BCUT2D eigenvalue weighted by molar-refractivity contribution is 7.69. The molecule has 4 aromatic rings. The van der Waals surface area contributed by atoms with Crippen LogP contribution in [0, 0.1) is 0 Å². The van der Waals surface area contributed by atoms with Crippen molar-refractivity contribution in [1.29, 1.82) is 0 Å². The van der Waals surface area contributed by atoms with Crippen LogP contribution in [0.3, 0.4) is 0 Å². The first-order valence-electron chi connectivity index (χ1n) is 15.1. The average molecular weight is 882 g/mol. The average Bonchev–Trinajstić information content (AvgIpc) is 3.77. The molecule has 4 unspecified atom stereocenters. The Kier molecular flexibility index (Phi) is 11.4. The minimum atomic E-state index is -6.50. The number of phosphoric acid groups is 4. The van der Waals surface area contributed by atoms with Crippen molar-refractivity contribution >= 4 is 65.5 Å². The van der Waals surface area contributed by atoms with Crippen LogP contribution in [0.5, 0.6) is 0 Å². The third-order valence-electron chi connectivity index (χ3n) is 7.88. The number of aromatic nitrogens is 8. The standard InChI is InChI=1S/C21H30N10O21P4/c1-29-5-31(15-9(29)17(37)28-21(23)26-15)19-13(35)11(33)7(49-19)3-47-54(40,41)51-56(44,45)52-55(42,43)50-53(38,39)46-2-6-10(32)12(34)18(48-6)30-4-24-8-14(30)25-20(22)27-16(8)36/h4-7,10-13,18-19,32-35H,2-3H2,1H3,(H9-,22,23,25,26,27,28,36,37,38,39,40,41,42,43,44,45)/t6-,7-,10-,11-,12-,13-,18-,19-/m1/s1. The molecule has 2 saturated heterocycles. The van der Waals surface area contributed by atoms with Gasteiger partial charge in [-0.25, -0.2) is 31.9 Å². The molecule has 2 aliphatic heterocycles. The lowest BCUT2D eigenvalue weighted by Crippen LogP contribution is -2.46. The lowest BCUT2D eigenvalue weighted by Gasteiger charge is -2.26. The van der Waals surface area contributed by atoms with Crippen molar-refractivity contribution in [2.75, 3.05) is 24.7 Å². The molecule has 0 saturated carbocycles. The molecular formula is C21H30N10O21P4. The van der Waals surface area contributed by atoms with Crippen LogP contribution in [0.4, 0.5) is 11.9 Å². The molecule has 2 fully saturated rings. The molecule has 31 nitrogen and oxygen atoms in total. The fraction of sp³-hybridized carbons (Fsp3) is 0.524. The van der Waals surface area contributed by atoms with E-state index in [0.717, 1.165) is 15.5 Å². The molecule has 35 heteroatoms. The first-order chi connectivity index (χ1) is 25.9. The summed E-state index contributed by atoms with van der Waals surface area (Å²) in [6.45, 7) is -2.38. The molecule has 0 aliphatic carbocycles. The topological polar surface area (TPSA) is 468 Å². The van der Waals surface area contributed by atoms with Gasteiger partial charge in [0.25, 0.3) is 24.9 Å². The van der Waals surface area contributed by atoms with Gasteiger partial charge in [-0.15, -0.1) is 0 Å².